The molecule has 1 aliphatic carbocycles. The first kappa shape index (κ1) is 26.8. The summed E-state index contributed by atoms with van der Waals surface area (Å²) in [6.45, 7) is 3.91. The maximum Gasteiger partial charge on any atom is 0.416 e. The largest absolute Gasteiger partial charge is 0.416 e. The van der Waals surface area contributed by atoms with Gasteiger partial charge in [0.1, 0.15) is 5.82 Å². The highest BCUT2D eigenvalue weighted by Gasteiger charge is 2.30. The summed E-state index contributed by atoms with van der Waals surface area (Å²) in [5.41, 5.74) is 1.87. The molecule has 0 bridgehead atoms. The summed E-state index contributed by atoms with van der Waals surface area (Å²) in [5, 5.41) is 13.2. The molecule has 1 saturated heterocycles. The number of halogens is 3. The zero-order chi connectivity index (χ0) is 28.4. The van der Waals surface area contributed by atoms with Gasteiger partial charge in [0.25, 0.3) is 5.91 Å². The number of carbonyl (C=O) groups excluding carboxylic acids is 1. The molecule has 3 N–H and O–H groups in total. The van der Waals surface area contributed by atoms with Crippen molar-refractivity contribution in [3.63, 3.8) is 0 Å². The molecule has 9 nitrogen and oxygen atoms in total. The Balaban J connectivity index is 0.996. The molecule has 1 aliphatic heterocycles. The van der Waals surface area contributed by atoms with Crippen LogP contribution in [0.5, 0.6) is 0 Å². The number of carbonyl (C=O) groups is 1. The summed E-state index contributed by atoms with van der Waals surface area (Å²) in [4.78, 5) is 26.2. The zero-order valence-corrected chi connectivity index (χ0v) is 22.2. The summed E-state index contributed by atoms with van der Waals surface area (Å²) in [7, 11) is 0. The van der Waals surface area contributed by atoms with Gasteiger partial charge in [-0.15, -0.1) is 0 Å². The summed E-state index contributed by atoms with van der Waals surface area (Å²) >= 11 is 0. The Morgan fingerprint density at radius 3 is 2.49 bits per heavy atom. The standard InChI is InChI=1S/C29H29F3N8O/c30-29(31,32)22-2-1-3-23(16-22)34-27(41)21-6-4-19(5-7-21)18-39-12-14-40(15-13-39)28-33-11-10-25(36-28)35-26-17-24(37-38-26)20-8-9-20/h1-7,10-11,16-17,20H,8-9,12-15,18H2,(H,34,41)(H2,33,35,36,37,38). The minimum Gasteiger partial charge on any atom is -0.338 e. The first-order valence-electron chi connectivity index (χ1n) is 13.5. The highest BCUT2D eigenvalue weighted by molar-refractivity contribution is 6.04. The number of nitrogens with zero attached hydrogens (tertiary/aromatic N) is 5. The van der Waals surface area contributed by atoms with Crippen LogP contribution in [0.1, 0.15) is 45.9 Å². The monoisotopic (exact) mass is 562 g/mol. The lowest BCUT2D eigenvalue weighted by molar-refractivity contribution is -0.137. The average molecular weight is 563 g/mol. The van der Waals surface area contributed by atoms with E-state index in [1.807, 2.05) is 24.3 Å². The summed E-state index contributed by atoms with van der Waals surface area (Å²) in [5.74, 6) is 2.26. The number of benzene rings is 2. The van der Waals surface area contributed by atoms with E-state index in [2.05, 4.69) is 40.6 Å². The Morgan fingerprint density at radius 1 is 0.976 bits per heavy atom. The quantitative estimate of drug-likeness (QED) is 0.264. The van der Waals surface area contributed by atoms with E-state index >= 15 is 0 Å². The maximum atomic E-state index is 13.0. The molecule has 12 heteroatoms. The predicted octanol–water partition coefficient (Wildman–Crippen LogP) is 5.41. The number of alkyl halides is 3. The molecule has 212 valence electrons. The highest BCUT2D eigenvalue weighted by Crippen LogP contribution is 2.39. The number of hydrogen-bond acceptors (Lipinski definition) is 7. The summed E-state index contributed by atoms with van der Waals surface area (Å²) in [6.07, 6.45) is -0.307. The number of amides is 1. The third kappa shape index (κ3) is 6.65. The van der Waals surface area contributed by atoms with Crippen LogP contribution in [-0.2, 0) is 12.7 Å². The first-order chi connectivity index (χ1) is 19.8. The summed E-state index contributed by atoms with van der Waals surface area (Å²) < 4.78 is 38.9. The second kappa shape index (κ2) is 11.2. The molecule has 2 aromatic heterocycles. The SMILES string of the molecule is O=C(Nc1cccc(C(F)(F)F)c1)c1ccc(CN2CCN(c3nccc(Nc4cc(C5CC5)[nH]n4)n3)CC2)cc1. The molecule has 0 atom stereocenters. The van der Waals surface area contributed by atoms with E-state index in [1.165, 1.54) is 25.0 Å². The maximum absolute atomic E-state index is 13.0. The van der Waals surface area contributed by atoms with Crippen LogP contribution < -0.4 is 15.5 Å². The van der Waals surface area contributed by atoms with Crippen molar-refractivity contribution in [3.8, 4) is 0 Å². The van der Waals surface area contributed by atoms with Gasteiger partial charge in [-0.25, -0.2) is 4.98 Å². The van der Waals surface area contributed by atoms with Gasteiger partial charge in [-0.2, -0.15) is 23.3 Å². The van der Waals surface area contributed by atoms with Crippen LogP contribution in [-0.4, -0.2) is 57.2 Å². The Labute approximate surface area is 234 Å². The highest BCUT2D eigenvalue weighted by atomic mass is 19.4. The minimum absolute atomic E-state index is 0.0981. The van der Waals surface area contributed by atoms with Crippen molar-refractivity contribution in [2.75, 3.05) is 41.7 Å². The van der Waals surface area contributed by atoms with Crippen molar-refractivity contribution < 1.29 is 18.0 Å². The number of piperazine rings is 1. The molecule has 0 unspecified atom stereocenters. The molecule has 6 rings (SSSR count). The fourth-order valence-corrected chi connectivity index (χ4v) is 4.81. The summed E-state index contributed by atoms with van der Waals surface area (Å²) in [6, 6.07) is 15.6. The number of nitrogens with one attached hydrogen (secondary N) is 3. The van der Waals surface area contributed by atoms with Gasteiger partial charge in [0.15, 0.2) is 5.82 Å². The van der Waals surface area contributed by atoms with Crippen molar-refractivity contribution in [1.82, 2.24) is 25.1 Å². The minimum atomic E-state index is -4.47. The first-order valence-corrected chi connectivity index (χ1v) is 13.5. The molecule has 0 radical (unpaired) electrons. The van der Waals surface area contributed by atoms with Gasteiger partial charge in [-0.3, -0.25) is 14.8 Å². The number of aromatic nitrogens is 4. The second-order valence-electron chi connectivity index (χ2n) is 10.3. The topological polar surface area (TPSA) is 102 Å². The van der Waals surface area contributed by atoms with E-state index in [0.717, 1.165) is 55.4 Å². The lowest BCUT2D eigenvalue weighted by Crippen LogP contribution is -2.46. The van der Waals surface area contributed by atoms with Crippen molar-refractivity contribution in [2.24, 2.45) is 0 Å². The molecule has 1 saturated carbocycles. The van der Waals surface area contributed by atoms with Crippen molar-refractivity contribution in [1.29, 1.82) is 0 Å². The van der Waals surface area contributed by atoms with Crippen LogP contribution in [0, 0.1) is 0 Å². The fraction of sp³-hybridized carbons (Fsp3) is 0.310. The zero-order valence-electron chi connectivity index (χ0n) is 22.2. The van der Waals surface area contributed by atoms with E-state index in [-0.39, 0.29) is 5.69 Å². The lowest BCUT2D eigenvalue weighted by Gasteiger charge is -2.34. The van der Waals surface area contributed by atoms with E-state index < -0.39 is 17.6 Å². The second-order valence-corrected chi connectivity index (χ2v) is 10.3. The van der Waals surface area contributed by atoms with Gasteiger partial charge in [-0.05, 0) is 54.8 Å². The number of aromatic amines is 1. The van der Waals surface area contributed by atoms with Gasteiger partial charge in [-0.1, -0.05) is 18.2 Å². The fourth-order valence-electron chi connectivity index (χ4n) is 4.81. The molecule has 2 fully saturated rings. The van der Waals surface area contributed by atoms with Crippen LogP contribution in [0.2, 0.25) is 0 Å². The molecule has 1 amide bonds. The van der Waals surface area contributed by atoms with E-state index in [4.69, 9.17) is 0 Å². The molecule has 41 heavy (non-hydrogen) atoms. The van der Waals surface area contributed by atoms with Crippen LogP contribution in [0.3, 0.4) is 0 Å². The van der Waals surface area contributed by atoms with Crippen LogP contribution in [0.15, 0.2) is 66.9 Å². The Morgan fingerprint density at radius 2 is 1.76 bits per heavy atom. The Hall–Kier alpha value is -4.45. The van der Waals surface area contributed by atoms with Gasteiger partial charge >= 0.3 is 6.18 Å². The third-order valence-corrected chi connectivity index (χ3v) is 7.24. The van der Waals surface area contributed by atoms with E-state index in [0.29, 0.717) is 29.8 Å². The molecule has 4 aromatic rings. The number of H-pyrrole nitrogens is 1. The molecule has 0 spiro atoms. The number of anilines is 4. The predicted molar refractivity (Wildman–Crippen MR) is 149 cm³/mol. The van der Waals surface area contributed by atoms with Crippen LogP contribution in [0.25, 0.3) is 0 Å². The smallest absolute Gasteiger partial charge is 0.338 e. The van der Waals surface area contributed by atoms with Crippen molar-refractivity contribution in [3.05, 3.63) is 89.2 Å². The van der Waals surface area contributed by atoms with Crippen molar-refractivity contribution in [2.45, 2.75) is 31.5 Å². The Bertz CT molecular complexity index is 1510. The number of rotatable bonds is 8. The van der Waals surface area contributed by atoms with Crippen LogP contribution in [0.4, 0.5) is 36.4 Å². The van der Waals surface area contributed by atoms with Gasteiger partial charge in [0, 0.05) is 67.8 Å². The number of hydrogen-bond donors (Lipinski definition) is 3. The van der Waals surface area contributed by atoms with Gasteiger partial charge in [0.05, 0.1) is 5.56 Å². The van der Waals surface area contributed by atoms with Gasteiger partial charge in [0.2, 0.25) is 5.95 Å². The molecular formula is C29H29F3N8O. The lowest BCUT2D eigenvalue weighted by atomic mass is 10.1. The molecule has 2 aliphatic rings. The Kier molecular flexibility index (Phi) is 7.31. The molecule has 3 heterocycles. The molecule has 2 aromatic carbocycles. The van der Waals surface area contributed by atoms with Crippen LogP contribution >= 0.6 is 0 Å². The average Bonchev–Trinajstić information content (AvgIpc) is 3.72. The van der Waals surface area contributed by atoms with E-state index in [9.17, 15) is 18.0 Å². The molecular weight excluding hydrogens is 533 g/mol. The normalized spacial score (nSPS) is 16.0. The van der Waals surface area contributed by atoms with Crippen molar-refractivity contribution >= 4 is 29.2 Å². The van der Waals surface area contributed by atoms with E-state index in [1.54, 1.807) is 18.3 Å². The third-order valence-electron chi connectivity index (χ3n) is 7.24. The van der Waals surface area contributed by atoms with Gasteiger partial charge < -0.3 is 15.5 Å².